The van der Waals surface area contributed by atoms with Crippen molar-refractivity contribution in [2.45, 2.75) is 26.8 Å². The van der Waals surface area contributed by atoms with Crippen molar-refractivity contribution in [3.63, 3.8) is 0 Å². The lowest BCUT2D eigenvalue weighted by Crippen LogP contribution is -2.29. The molecule has 0 radical (unpaired) electrons. The van der Waals surface area contributed by atoms with Gasteiger partial charge >= 0.3 is 11.9 Å². The fraction of sp³-hybridized carbons (Fsp3) is 0.310. The lowest BCUT2D eigenvalue weighted by Gasteiger charge is -2.24. The summed E-state index contributed by atoms with van der Waals surface area (Å²) in [6.45, 7) is 5.19. The Morgan fingerprint density at radius 2 is 1.66 bits per heavy atom. The van der Waals surface area contributed by atoms with Gasteiger partial charge < -0.3 is 28.8 Å². The van der Waals surface area contributed by atoms with Crippen LogP contribution in [-0.4, -0.2) is 62.8 Å². The first-order chi connectivity index (χ1) is 19.6. The molecule has 0 unspecified atom stereocenters. The number of hydrogen-bond donors (Lipinski definition) is 1. The largest absolute Gasteiger partial charge is 0.507 e. The summed E-state index contributed by atoms with van der Waals surface area (Å²) in [6.07, 6.45) is 0. The molecule has 12 heteroatoms. The number of aliphatic hydroxyl groups excluding tert-OH is 1. The van der Waals surface area contributed by atoms with Crippen molar-refractivity contribution in [1.82, 2.24) is 4.98 Å². The molecule has 0 aliphatic carbocycles. The summed E-state index contributed by atoms with van der Waals surface area (Å²) < 4.78 is 26.9. The molecule has 3 aromatic rings. The summed E-state index contributed by atoms with van der Waals surface area (Å²) in [7, 11) is 5.85. The number of esters is 1. The molecule has 1 amide bonds. The Balaban J connectivity index is 2.01. The van der Waals surface area contributed by atoms with E-state index >= 15 is 0 Å². The van der Waals surface area contributed by atoms with Gasteiger partial charge in [0.1, 0.15) is 16.4 Å². The summed E-state index contributed by atoms with van der Waals surface area (Å²) in [5, 5.41) is 11.7. The monoisotopic (exact) mass is 582 g/mol. The molecule has 0 bridgehead atoms. The number of nitrogens with zero attached hydrogens (tertiary/aromatic N) is 2. The first-order valence-corrected chi connectivity index (χ1v) is 13.3. The average Bonchev–Trinajstić information content (AvgIpc) is 3.47. The number of carbonyl (C=O) groups is 3. The van der Waals surface area contributed by atoms with Crippen LogP contribution < -0.4 is 23.8 Å². The number of Topliss-reactive ketones (excluding diaryl/α,β-unsaturated/α-hetero) is 1. The van der Waals surface area contributed by atoms with Gasteiger partial charge in [-0.15, -0.1) is 0 Å². The number of ether oxygens (including phenoxy) is 5. The van der Waals surface area contributed by atoms with Crippen molar-refractivity contribution in [1.29, 1.82) is 0 Å². The van der Waals surface area contributed by atoms with E-state index in [0.717, 1.165) is 16.2 Å². The SMILES string of the molecule is CCOC(=O)c1sc(N2C(=O)C(=O)C(=C(O)c3ccc(OC)cc3C)[C@H]2c2cc(OC)c(OC)c(OC)c2)nc1C. The number of ketones is 1. The minimum atomic E-state index is -1.16. The third-order valence-corrected chi connectivity index (χ3v) is 7.72. The van der Waals surface area contributed by atoms with Gasteiger partial charge in [0.25, 0.3) is 5.78 Å². The molecule has 1 aromatic heterocycles. The number of hydrogen-bond acceptors (Lipinski definition) is 11. The van der Waals surface area contributed by atoms with Crippen LogP contribution in [0.5, 0.6) is 23.0 Å². The smallest absolute Gasteiger partial charge is 0.350 e. The molecule has 0 saturated carbocycles. The summed E-state index contributed by atoms with van der Waals surface area (Å²) in [6, 6.07) is 6.97. The average molecular weight is 583 g/mol. The number of anilines is 1. The fourth-order valence-electron chi connectivity index (χ4n) is 4.65. The van der Waals surface area contributed by atoms with E-state index in [1.165, 1.54) is 28.4 Å². The fourth-order valence-corrected chi connectivity index (χ4v) is 5.64. The molecule has 1 atom stereocenters. The Morgan fingerprint density at radius 1 is 1.00 bits per heavy atom. The Bertz CT molecular complexity index is 1530. The Hall–Kier alpha value is -4.58. The third-order valence-electron chi connectivity index (χ3n) is 6.59. The predicted octanol–water partition coefficient (Wildman–Crippen LogP) is 4.60. The number of amides is 1. The molecule has 11 nitrogen and oxygen atoms in total. The molecule has 41 heavy (non-hydrogen) atoms. The van der Waals surface area contributed by atoms with Gasteiger partial charge in [0.05, 0.1) is 52.4 Å². The zero-order valence-corrected chi connectivity index (χ0v) is 24.5. The third kappa shape index (κ3) is 5.18. The highest BCUT2D eigenvalue weighted by Crippen LogP contribution is 2.48. The minimum Gasteiger partial charge on any atom is -0.507 e. The van der Waals surface area contributed by atoms with Gasteiger partial charge in [0, 0.05) is 5.56 Å². The lowest BCUT2D eigenvalue weighted by molar-refractivity contribution is -0.132. The first kappa shape index (κ1) is 29.4. The summed E-state index contributed by atoms with van der Waals surface area (Å²) in [4.78, 5) is 45.6. The Morgan fingerprint density at radius 3 is 2.20 bits per heavy atom. The number of rotatable bonds is 9. The number of benzene rings is 2. The molecule has 2 heterocycles. The molecule has 1 aliphatic heterocycles. The van der Waals surface area contributed by atoms with Crippen molar-refractivity contribution in [3.05, 3.63) is 63.2 Å². The number of methoxy groups -OCH3 is 4. The number of aryl methyl sites for hydroxylation is 2. The van der Waals surface area contributed by atoms with E-state index in [2.05, 4.69) is 4.98 Å². The molecule has 4 rings (SSSR count). The second-order valence-corrected chi connectivity index (χ2v) is 9.92. The van der Waals surface area contributed by atoms with E-state index in [0.29, 0.717) is 33.9 Å². The van der Waals surface area contributed by atoms with Crippen LogP contribution in [0.3, 0.4) is 0 Å². The van der Waals surface area contributed by atoms with Gasteiger partial charge in [-0.2, -0.15) is 0 Å². The number of aromatic nitrogens is 1. The zero-order chi connectivity index (χ0) is 30.0. The van der Waals surface area contributed by atoms with Crippen LogP contribution >= 0.6 is 11.3 Å². The first-order valence-electron chi connectivity index (χ1n) is 12.5. The highest BCUT2D eigenvalue weighted by Gasteiger charge is 2.49. The van der Waals surface area contributed by atoms with E-state index < -0.39 is 23.7 Å². The second-order valence-electron chi connectivity index (χ2n) is 8.94. The van der Waals surface area contributed by atoms with E-state index in [-0.39, 0.29) is 39.4 Å². The lowest BCUT2D eigenvalue weighted by atomic mass is 9.93. The molecular formula is C29H30N2O9S. The molecule has 0 spiro atoms. The van der Waals surface area contributed by atoms with Crippen molar-refractivity contribution in [2.24, 2.45) is 0 Å². The van der Waals surface area contributed by atoms with Crippen LogP contribution in [0.1, 0.15) is 45.0 Å². The minimum absolute atomic E-state index is 0.0805. The van der Waals surface area contributed by atoms with Crippen LogP contribution in [0, 0.1) is 13.8 Å². The highest BCUT2D eigenvalue weighted by atomic mass is 32.1. The van der Waals surface area contributed by atoms with Gasteiger partial charge in [-0.05, 0) is 62.2 Å². The van der Waals surface area contributed by atoms with E-state index in [9.17, 15) is 19.5 Å². The summed E-state index contributed by atoms with van der Waals surface area (Å²) in [5.74, 6) is -1.43. The van der Waals surface area contributed by atoms with Gasteiger partial charge in [-0.3, -0.25) is 14.5 Å². The highest BCUT2D eigenvalue weighted by molar-refractivity contribution is 7.17. The van der Waals surface area contributed by atoms with Crippen molar-refractivity contribution in [3.8, 4) is 23.0 Å². The number of thiazole rings is 1. The van der Waals surface area contributed by atoms with Crippen LogP contribution in [-0.2, 0) is 14.3 Å². The van der Waals surface area contributed by atoms with Crippen LogP contribution in [0.2, 0.25) is 0 Å². The van der Waals surface area contributed by atoms with Crippen LogP contribution in [0.4, 0.5) is 5.13 Å². The maximum atomic E-state index is 13.6. The van der Waals surface area contributed by atoms with Gasteiger partial charge in [-0.25, -0.2) is 9.78 Å². The molecule has 1 saturated heterocycles. The van der Waals surface area contributed by atoms with Gasteiger partial charge in [-0.1, -0.05) is 11.3 Å². The zero-order valence-electron chi connectivity index (χ0n) is 23.7. The number of carbonyl (C=O) groups excluding carboxylic acids is 3. The summed E-state index contributed by atoms with van der Waals surface area (Å²) >= 11 is 0.914. The molecule has 1 aliphatic rings. The van der Waals surface area contributed by atoms with Crippen molar-refractivity contribution >= 4 is 39.9 Å². The predicted molar refractivity (Wildman–Crippen MR) is 151 cm³/mol. The normalized spacial score (nSPS) is 16.1. The number of aliphatic hydroxyl groups is 1. The summed E-state index contributed by atoms with van der Waals surface area (Å²) in [5.41, 5.74) is 1.48. The molecule has 2 aromatic carbocycles. The van der Waals surface area contributed by atoms with E-state index in [4.69, 9.17) is 23.7 Å². The molecule has 1 N–H and O–H groups in total. The van der Waals surface area contributed by atoms with Gasteiger partial charge in [0.15, 0.2) is 16.6 Å². The molecular weight excluding hydrogens is 552 g/mol. The van der Waals surface area contributed by atoms with Crippen LogP contribution in [0.25, 0.3) is 5.76 Å². The van der Waals surface area contributed by atoms with Gasteiger partial charge in [0.2, 0.25) is 5.75 Å². The quantitative estimate of drug-likeness (QED) is 0.165. The standard InChI is InChI=1S/C29H30N2O9S/c1-8-40-28(35)26-15(3)30-29(41-26)31-22(16-12-19(37-5)25(39-7)20(13-16)38-6)21(24(33)27(31)34)23(32)18-10-9-17(36-4)11-14(18)2/h9-13,22,32H,8H2,1-7H3/t22-/m1/s1. The van der Waals surface area contributed by atoms with Crippen LogP contribution in [0.15, 0.2) is 35.9 Å². The Kier molecular flexibility index (Phi) is 8.52. The maximum absolute atomic E-state index is 13.6. The molecule has 216 valence electrons. The van der Waals surface area contributed by atoms with E-state index in [1.54, 1.807) is 51.1 Å². The Labute approximate surface area is 240 Å². The molecule has 1 fully saturated rings. The topological polar surface area (TPSA) is 134 Å². The van der Waals surface area contributed by atoms with Crippen molar-refractivity contribution < 1.29 is 43.2 Å². The maximum Gasteiger partial charge on any atom is 0.350 e. The van der Waals surface area contributed by atoms with E-state index in [1.807, 2.05) is 0 Å². The second kappa shape index (κ2) is 11.9. The van der Waals surface area contributed by atoms with Crippen molar-refractivity contribution in [2.75, 3.05) is 39.9 Å².